The van der Waals surface area contributed by atoms with Gasteiger partial charge in [0.2, 0.25) is 0 Å². The minimum Gasteiger partial charge on any atom is -0.490 e. The predicted octanol–water partition coefficient (Wildman–Crippen LogP) is 1.81. The Morgan fingerprint density at radius 1 is 1.35 bits per heavy atom. The maximum Gasteiger partial charge on any atom is 0.348 e. The smallest absolute Gasteiger partial charge is 0.348 e. The Balaban J connectivity index is 2.08. The van der Waals surface area contributed by atoms with Crippen LogP contribution < -0.4 is 10.4 Å². The van der Waals surface area contributed by atoms with E-state index in [1.165, 1.54) is 0 Å². The Hall–Kier alpha value is -2.61. The van der Waals surface area contributed by atoms with Crippen molar-refractivity contribution in [3.8, 4) is 11.8 Å². The Morgan fingerprint density at radius 3 is 2.80 bits per heavy atom. The highest BCUT2D eigenvalue weighted by atomic mass is 16.5. The molecule has 0 aliphatic heterocycles. The third-order valence-corrected chi connectivity index (χ3v) is 2.93. The lowest BCUT2D eigenvalue weighted by molar-refractivity contribution is 0.293. The van der Waals surface area contributed by atoms with Crippen LogP contribution in [0.4, 0.5) is 0 Å². The molecule has 1 aromatic heterocycles. The third-order valence-electron chi connectivity index (χ3n) is 2.93. The fourth-order valence-corrected chi connectivity index (χ4v) is 1.98. The summed E-state index contributed by atoms with van der Waals surface area (Å²) in [6.45, 7) is 4.36. The van der Waals surface area contributed by atoms with Gasteiger partial charge in [0.1, 0.15) is 18.4 Å². The fraction of sp³-hybridized carbons (Fsp3) is 0.267. The van der Waals surface area contributed by atoms with Crippen molar-refractivity contribution in [3.63, 3.8) is 0 Å². The van der Waals surface area contributed by atoms with Gasteiger partial charge in [-0.1, -0.05) is 12.1 Å². The molecule has 0 N–H and O–H groups in total. The van der Waals surface area contributed by atoms with Gasteiger partial charge in [-0.25, -0.2) is 4.79 Å². The summed E-state index contributed by atoms with van der Waals surface area (Å²) < 4.78 is 7.12. The molecule has 0 spiro atoms. The van der Waals surface area contributed by atoms with Crippen molar-refractivity contribution >= 4 is 0 Å². The summed E-state index contributed by atoms with van der Waals surface area (Å²) in [6.07, 6.45) is 0. The molecular formula is C15H15N3O2. The highest BCUT2D eigenvalue weighted by Crippen LogP contribution is 2.16. The lowest BCUT2D eigenvalue weighted by Crippen LogP contribution is -2.28. The summed E-state index contributed by atoms with van der Waals surface area (Å²) in [5.74, 6) is 0.528. The SMILES string of the molecule is Cc1cc(C)n(CCOc2ccccc2C#N)c(=O)n1. The molecule has 0 atom stereocenters. The number of ether oxygens (including phenoxy) is 1. The van der Waals surface area contributed by atoms with E-state index in [0.717, 1.165) is 5.69 Å². The van der Waals surface area contributed by atoms with Crippen molar-refractivity contribution in [2.45, 2.75) is 20.4 Å². The first-order valence-electron chi connectivity index (χ1n) is 6.29. The Morgan fingerprint density at radius 2 is 2.10 bits per heavy atom. The van der Waals surface area contributed by atoms with Crippen molar-refractivity contribution < 1.29 is 4.74 Å². The maximum absolute atomic E-state index is 11.8. The molecule has 5 nitrogen and oxygen atoms in total. The van der Waals surface area contributed by atoms with Gasteiger partial charge in [-0.3, -0.25) is 4.57 Å². The second-order valence-corrected chi connectivity index (χ2v) is 4.43. The van der Waals surface area contributed by atoms with E-state index in [1.54, 1.807) is 35.8 Å². The van der Waals surface area contributed by atoms with E-state index in [4.69, 9.17) is 10.00 Å². The zero-order chi connectivity index (χ0) is 14.5. The van der Waals surface area contributed by atoms with E-state index in [-0.39, 0.29) is 5.69 Å². The number of hydrogen-bond acceptors (Lipinski definition) is 4. The van der Waals surface area contributed by atoms with Crippen molar-refractivity contribution in [1.82, 2.24) is 9.55 Å². The second-order valence-electron chi connectivity index (χ2n) is 4.43. The van der Waals surface area contributed by atoms with Crippen LogP contribution in [0.1, 0.15) is 17.0 Å². The van der Waals surface area contributed by atoms with Gasteiger partial charge in [0.15, 0.2) is 0 Å². The van der Waals surface area contributed by atoms with Crippen molar-refractivity contribution in [2.75, 3.05) is 6.61 Å². The van der Waals surface area contributed by atoms with E-state index in [9.17, 15) is 4.79 Å². The molecular weight excluding hydrogens is 254 g/mol. The van der Waals surface area contributed by atoms with Crippen LogP contribution in [0.25, 0.3) is 0 Å². The first-order valence-corrected chi connectivity index (χ1v) is 6.29. The molecule has 1 aromatic carbocycles. The van der Waals surface area contributed by atoms with Crippen LogP contribution in [-0.4, -0.2) is 16.2 Å². The molecule has 0 saturated carbocycles. The predicted molar refractivity (Wildman–Crippen MR) is 74.6 cm³/mol. The fourth-order valence-electron chi connectivity index (χ4n) is 1.98. The number of hydrogen-bond donors (Lipinski definition) is 0. The molecule has 2 rings (SSSR count). The average molecular weight is 269 g/mol. The van der Waals surface area contributed by atoms with Gasteiger partial charge in [-0.05, 0) is 32.0 Å². The number of nitrogens with zero attached hydrogens (tertiary/aromatic N) is 3. The minimum atomic E-state index is -0.278. The van der Waals surface area contributed by atoms with E-state index in [2.05, 4.69) is 11.1 Å². The Labute approximate surface area is 117 Å². The van der Waals surface area contributed by atoms with E-state index >= 15 is 0 Å². The molecule has 0 aliphatic rings. The number of aryl methyl sites for hydroxylation is 2. The standard InChI is InChI=1S/C15H15N3O2/c1-11-9-12(2)18(15(19)17-11)7-8-20-14-6-4-3-5-13(14)10-16/h3-6,9H,7-8H2,1-2H3. The molecule has 0 radical (unpaired) electrons. The van der Waals surface area contributed by atoms with Crippen LogP contribution in [0.15, 0.2) is 35.1 Å². The van der Waals surface area contributed by atoms with E-state index in [1.807, 2.05) is 13.0 Å². The van der Waals surface area contributed by atoms with Gasteiger partial charge >= 0.3 is 5.69 Å². The molecule has 0 bridgehead atoms. The molecule has 0 aliphatic carbocycles. The average Bonchev–Trinajstić information content (AvgIpc) is 2.42. The number of rotatable bonds is 4. The first-order chi connectivity index (χ1) is 9.61. The normalized spacial score (nSPS) is 10.1. The summed E-state index contributed by atoms with van der Waals surface area (Å²) in [7, 11) is 0. The summed E-state index contributed by atoms with van der Waals surface area (Å²) in [4.78, 5) is 15.7. The Kier molecular flexibility index (Phi) is 4.16. The molecule has 1 heterocycles. The monoisotopic (exact) mass is 269 g/mol. The van der Waals surface area contributed by atoms with Crippen molar-refractivity contribution in [1.29, 1.82) is 5.26 Å². The second kappa shape index (κ2) is 6.02. The molecule has 102 valence electrons. The topological polar surface area (TPSA) is 67.9 Å². The largest absolute Gasteiger partial charge is 0.490 e. The molecule has 0 fully saturated rings. The summed E-state index contributed by atoms with van der Waals surface area (Å²) >= 11 is 0. The van der Waals surface area contributed by atoms with Gasteiger partial charge in [-0.15, -0.1) is 0 Å². The van der Waals surface area contributed by atoms with Gasteiger partial charge in [0.05, 0.1) is 12.1 Å². The van der Waals surface area contributed by atoms with Crippen molar-refractivity contribution in [3.05, 3.63) is 57.8 Å². The number of benzene rings is 1. The minimum absolute atomic E-state index is 0.278. The summed E-state index contributed by atoms with van der Waals surface area (Å²) in [6, 6.07) is 10.9. The lowest BCUT2D eigenvalue weighted by Gasteiger charge is -2.11. The molecule has 0 saturated heterocycles. The van der Waals surface area contributed by atoms with Crippen LogP contribution in [0.3, 0.4) is 0 Å². The van der Waals surface area contributed by atoms with Crippen molar-refractivity contribution in [2.24, 2.45) is 0 Å². The summed E-state index contributed by atoms with van der Waals surface area (Å²) in [5, 5.41) is 8.96. The molecule has 0 unspecified atom stereocenters. The number of para-hydroxylation sites is 1. The zero-order valence-electron chi connectivity index (χ0n) is 11.5. The van der Waals surface area contributed by atoms with Gasteiger partial charge in [0.25, 0.3) is 0 Å². The van der Waals surface area contributed by atoms with E-state index < -0.39 is 0 Å². The maximum atomic E-state index is 11.8. The lowest BCUT2D eigenvalue weighted by atomic mass is 10.2. The molecule has 0 amide bonds. The van der Waals surface area contributed by atoms with Gasteiger partial charge < -0.3 is 4.74 Å². The summed E-state index contributed by atoms with van der Waals surface area (Å²) in [5.41, 5.74) is 1.76. The highest BCUT2D eigenvalue weighted by molar-refractivity contribution is 5.42. The van der Waals surface area contributed by atoms with Crippen LogP contribution in [-0.2, 0) is 6.54 Å². The highest BCUT2D eigenvalue weighted by Gasteiger charge is 2.05. The number of nitriles is 1. The Bertz CT molecular complexity index is 714. The van der Waals surface area contributed by atoms with Crippen LogP contribution in [0.5, 0.6) is 5.75 Å². The molecule has 2 aromatic rings. The van der Waals surface area contributed by atoms with E-state index in [0.29, 0.717) is 30.2 Å². The van der Waals surface area contributed by atoms with Crippen LogP contribution >= 0.6 is 0 Å². The zero-order valence-corrected chi connectivity index (χ0v) is 11.5. The van der Waals surface area contributed by atoms with Gasteiger partial charge in [-0.2, -0.15) is 10.2 Å². The van der Waals surface area contributed by atoms with Crippen LogP contribution in [0.2, 0.25) is 0 Å². The van der Waals surface area contributed by atoms with Crippen LogP contribution in [0, 0.1) is 25.2 Å². The quantitative estimate of drug-likeness (QED) is 0.849. The number of aromatic nitrogens is 2. The molecule has 5 heteroatoms. The third kappa shape index (κ3) is 3.04. The first kappa shape index (κ1) is 13.8. The van der Waals surface area contributed by atoms with Gasteiger partial charge in [0, 0.05) is 11.4 Å². The molecule has 20 heavy (non-hydrogen) atoms.